The lowest BCUT2D eigenvalue weighted by atomic mass is 10.0. The highest BCUT2D eigenvalue weighted by molar-refractivity contribution is 6.33. The van der Waals surface area contributed by atoms with Gasteiger partial charge in [-0.2, -0.15) is 5.26 Å². The topological polar surface area (TPSA) is 102 Å². The Morgan fingerprint density at radius 1 is 1.69 bits per heavy atom. The van der Waals surface area contributed by atoms with E-state index in [4.69, 9.17) is 33.1 Å². The average molecular weight is 240 g/mol. The fourth-order valence-electron chi connectivity index (χ4n) is 1.37. The number of nitrogen functional groups attached to an aromatic ring is 1. The summed E-state index contributed by atoms with van der Waals surface area (Å²) in [5, 5.41) is 8.84. The number of nitriles is 1. The number of anilines is 1. The minimum absolute atomic E-state index is 0.00412. The highest BCUT2D eigenvalue weighted by atomic mass is 35.5. The first-order valence-corrected chi connectivity index (χ1v) is 4.72. The maximum atomic E-state index is 11.2. The molecule has 1 aromatic carbocycles. The maximum Gasteiger partial charge on any atom is 0.252 e. The molecule has 4 N–H and O–H groups in total. The molecule has 0 bridgehead atoms. The largest absolute Gasteiger partial charge is 0.496 e. The Labute approximate surface area is 97.5 Å². The number of nitrogens with zero attached hydrogens (tertiary/aromatic N) is 1. The van der Waals surface area contributed by atoms with Gasteiger partial charge in [0, 0.05) is 5.56 Å². The smallest absolute Gasteiger partial charge is 0.252 e. The molecule has 16 heavy (non-hydrogen) atoms. The van der Waals surface area contributed by atoms with Crippen LogP contribution in [0.1, 0.15) is 15.9 Å². The molecule has 0 atom stereocenters. The molecule has 0 saturated carbocycles. The zero-order chi connectivity index (χ0) is 12.3. The van der Waals surface area contributed by atoms with Gasteiger partial charge in [-0.25, -0.2) is 0 Å². The second-order valence-corrected chi connectivity index (χ2v) is 3.44. The zero-order valence-electron chi connectivity index (χ0n) is 8.58. The number of hydrogen-bond donors (Lipinski definition) is 2. The molecule has 0 saturated heterocycles. The number of nitrogens with two attached hydrogens (primary N) is 2. The molecule has 0 radical (unpaired) electrons. The van der Waals surface area contributed by atoms with Crippen molar-refractivity contribution in [3.05, 3.63) is 22.2 Å². The number of amides is 1. The van der Waals surface area contributed by atoms with Crippen molar-refractivity contribution in [3.63, 3.8) is 0 Å². The number of ether oxygens (including phenoxy) is 1. The van der Waals surface area contributed by atoms with E-state index in [1.54, 1.807) is 0 Å². The summed E-state index contributed by atoms with van der Waals surface area (Å²) in [5.74, 6) is -0.478. The van der Waals surface area contributed by atoms with E-state index in [1.165, 1.54) is 13.2 Å². The minimum Gasteiger partial charge on any atom is -0.496 e. The SMILES string of the molecule is COc1c(C(N)=O)cc(Cl)c(N)c1CC#N. The van der Waals surface area contributed by atoms with Crippen molar-refractivity contribution in [2.75, 3.05) is 12.8 Å². The minimum atomic E-state index is -0.682. The molecule has 1 aromatic rings. The van der Waals surface area contributed by atoms with Gasteiger partial charge in [-0.1, -0.05) is 11.6 Å². The van der Waals surface area contributed by atoms with Gasteiger partial charge in [0.25, 0.3) is 5.91 Å². The van der Waals surface area contributed by atoms with Gasteiger partial charge in [0.1, 0.15) is 5.75 Å². The van der Waals surface area contributed by atoms with Gasteiger partial charge < -0.3 is 16.2 Å². The highest BCUT2D eigenvalue weighted by Crippen LogP contribution is 2.34. The van der Waals surface area contributed by atoms with Crippen molar-refractivity contribution in [1.29, 1.82) is 5.26 Å². The summed E-state index contributed by atoms with van der Waals surface area (Å²) in [6.45, 7) is 0. The summed E-state index contributed by atoms with van der Waals surface area (Å²) < 4.78 is 5.04. The Kier molecular flexibility index (Phi) is 3.59. The normalized spacial score (nSPS) is 9.56. The molecule has 0 aliphatic rings. The standard InChI is InChI=1S/C10H10ClN3O2/c1-16-9-5(2-3-12)8(13)7(11)4-6(9)10(14)15/h4H,2,13H2,1H3,(H2,14,15). The second kappa shape index (κ2) is 4.73. The molecule has 5 nitrogen and oxygen atoms in total. The van der Waals surface area contributed by atoms with E-state index in [-0.39, 0.29) is 28.4 Å². The van der Waals surface area contributed by atoms with E-state index in [9.17, 15) is 4.79 Å². The molecule has 6 heteroatoms. The van der Waals surface area contributed by atoms with Crippen LogP contribution in [0.4, 0.5) is 5.69 Å². The lowest BCUT2D eigenvalue weighted by Gasteiger charge is -2.13. The number of methoxy groups -OCH3 is 1. The molecule has 0 fully saturated rings. The molecule has 0 unspecified atom stereocenters. The fourth-order valence-corrected chi connectivity index (χ4v) is 1.59. The number of primary amides is 1. The molecule has 1 rings (SSSR count). The third-order valence-corrected chi connectivity index (χ3v) is 2.41. The van der Waals surface area contributed by atoms with Crippen molar-refractivity contribution < 1.29 is 9.53 Å². The molecule has 1 amide bonds. The lowest BCUT2D eigenvalue weighted by Crippen LogP contribution is -2.14. The number of benzene rings is 1. The Morgan fingerprint density at radius 2 is 2.31 bits per heavy atom. The van der Waals surface area contributed by atoms with Gasteiger partial charge in [-0.15, -0.1) is 0 Å². The van der Waals surface area contributed by atoms with Gasteiger partial charge in [0.2, 0.25) is 0 Å². The number of carbonyl (C=O) groups is 1. The van der Waals surface area contributed by atoms with E-state index in [0.717, 1.165) is 0 Å². The first kappa shape index (κ1) is 12.1. The van der Waals surface area contributed by atoms with E-state index in [1.807, 2.05) is 6.07 Å². The van der Waals surface area contributed by atoms with Gasteiger partial charge >= 0.3 is 0 Å². The van der Waals surface area contributed by atoms with E-state index in [0.29, 0.717) is 5.56 Å². The van der Waals surface area contributed by atoms with Gasteiger partial charge in [-0.3, -0.25) is 4.79 Å². The summed E-state index contributed by atoms with van der Waals surface area (Å²) in [6, 6.07) is 3.25. The van der Waals surface area contributed by atoms with Crippen LogP contribution in [0, 0.1) is 11.3 Å². The second-order valence-electron chi connectivity index (χ2n) is 3.03. The summed E-state index contributed by atoms with van der Waals surface area (Å²) in [7, 11) is 1.37. The van der Waals surface area contributed by atoms with Crippen LogP contribution in [0.3, 0.4) is 0 Å². The quantitative estimate of drug-likeness (QED) is 0.771. The fraction of sp³-hybridized carbons (Fsp3) is 0.200. The monoisotopic (exact) mass is 239 g/mol. The van der Waals surface area contributed by atoms with Crippen LogP contribution in [0.5, 0.6) is 5.75 Å². The van der Waals surface area contributed by atoms with Crippen LogP contribution >= 0.6 is 11.6 Å². The Hall–Kier alpha value is -1.93. The molecular formula is C10H10ClN3O2. The number of rotatable bonds is 3. The van der Waals surface area contributed by atoms with Crippen LogP contribution in [0.2, 0.25) is 5.02 Å². The van der Waals surface area contributed by atoms with Crippen LogP contribution in [0.25, 0.3) is 0 Å². The van der Waals surface area contributed by atoms with Crippen molar-refractivity contribution in [1.82, 2.24) is 0 Å². The number of halogens is 1. The van der Waals surface area contributed by atoms with E-state index < -0.39 is 5.91 Å². The first-order chi connectivity index (χ1) is 7.52. The van der Waals surface area contributed by atoms with E-state index in [2.05, 4.69) is 0 Å². The summed E-state index contributed by atoms with van der Waals surface area (Å²) in [4.78, 5) is 11.2. The summed E-state index contributed by atoms with van der Waals surface area (Å²) in [5.41, 5.74) is 11.6. The lowest BCUT2D eigenvalue weighted by molar-refractivity contribution is 0.0997. The zero-order valence-corrected chi connectivity index (χ0v) is 9.34. The summed E-state index contributed by atoms with van der Waals surface area (Å²) in [6.07, 6.45) is -0.00412. The molecule has 84 valence electrons. The molecule has 0 aromatic heterocycles. The Bertz CT molecular complexity index is 480. The van der Waals surface area contributed by atoms with Crippen molar-refractivity contribution in [3.8, 4) is 11.8 Å². The third-order valence-electron chi connectivity index (χ3n) is 2.10. The average Bonchev–Trinajstić information content (AvgIpc) is 2.24. The predicted molar refractivity (Wildman–Crippen MR) is 60.3 cm³/mol. The van der Waals surface area contributed by atoms with Crippen LogP contribution < -0.4 is 16.2 Å². The third kappa shape index (κ3) is 2.02. The van der Waals surface area contributed by atoms with Crippen molar-refractivity contribution >= 4 is 23.2 Å². The molecule has 0 aliphatic heterocycles. The molecule has 0 aliphatic carbocycles. The van der Waals surface area contributed by atoms with Gasteiger partial charge in [0.05, 0.1) is 35.9 Å². The molecule has 0 heterocycles. The number of hydrogen-bond acceptors (Lipinski definition) is 4. The van der Waals surface area contributed by atoms with Crippen molar-refractivity contribution in [2.24, 2.45) is 5.73 Å². The van der Waals surface area contributed by atoms with Crippen molar-refractivity contribution in [2.45, 2.75) is 6.42 Å². The maximum absolute atomic E-state index is 11.2. The van der Waals surface area contributed by atoms with E-state index >= 15 is 0 Å². The van der Waals surface area contributed by atoms with Gasteiger partial charge in [0.15, 0.2) is 0 Å². The Morgan fingerprint density at radius 3 is 2.75 bits per heavy atom. The predicted octanol–water partition coefficient (Wildman–Crippen LogP) is 1.10. The number of carbonyl (C=O) groups excluding carboxylic acids is 1. The molecular weight excluding hydrogens is 230 g/mol. The van der Waals surface area contributed by atoms with Crippen LogP contribution in [-0.2, 0) is 6.42 Å². The Balaban J connectivity index is 3.56. The highest BCUT2D eigenvalue weighted by Gasteiger charge is 2.18. The van der Waals surface area contributed by atoms with Gasteiger partial charge in [-0.05, 0) is 6.07 Å². The first-order valence-electron chi connectivity index (χ1n) is 4.34. The molecule has 0 spiro atoms. The van der Waals surface area contributed by atoms with Crippen LogP contribution in [-0.4, -0.2) is 13.0 Å². The van der Waals surface area contributed by atoms with Crippen LogP contribution in [0.15, 0.2) is 6.07 Å². The summed E-state index contributed by atoms with van der Waals surface area (Å²) >= 11 is 5.83.